The molecule has 9 heteroatoms. The molecule has 0 spiro atoms. The summed E-state index contributed by atoms with van der Waals surface area (Å²) in [6.45, 7) is 3.80. The van der Waals surface area contributed by atoms with Crippen LogP contribution < -0.4 is 15.3 Å². The number of benzene rings is 2. The fraction of sp³-hybridized carbons (Fsp3) is 0.273. The van der Waals surface area contributed by atoms with E-state index in [1.807, 2.05) is 31.2 Å². The van der Waals surface area contributed by atoms with E-state index in [0.717, 1.165) is 15.6 Å². The number of carbonyl (C=O) groups excluding carboxylic acids is 2. The Hall–Kier alpha value is -2.67. The van der Waals surface area contributed by atoms with Gasteiger partial charge in [0.25, 0.3) is 5.91 Å². The first-order valence-electron chi connectivity index (χ1n) is 9.90. The summed E-state index contributed by atoms with van der Waals surface area (Å²) in [5.74, 6) is -0.542. The molecule has 7 nitrogen and oxygen atoms in total. The van der Waals surface area contributed by atoms with Gasteiger partial charge >= 0.3 is 13.5 Å². The minimum atomic E-state index is -3.53. The summed E-state index contributed by atoms with van der Waals surface area (Å²) < 4.78 is 25.7. The van der Waals surface area contributed by atoms with E-state index in [1.165, 1.54) is 11.3 Å². The zero-order valence-electron chi connectivity index (χ0n) is 17.4. The first kappa shape index (κ1) is 23.0. The molecule has 2 aromatic carbocycles. The second-order valence-corrected chi connectivity index (χ2v) is 10.3. The number of rotatable bonds is 10. The van der Waals surface area contributed by atoms with Crippen molar-refractivity contribution in [1.82, 2.24) is 5.09 Å². The highest BCUT2D eigenvalue weighted by Crippen LogP contribution is 2.47. The molecule has 0 bridgehead atoms. The SMILES string of the molecule is CCCOC(=O)[C@H](C)NP(=O)(Cc1ccc2sc(C(N)=O)cc2c1)Oc1ccccc1. The van der Waals surface area contributed by atoms with Crippen LogP contribution in [0.1, 0.15) is 35.5 Å². The number of nitrogens with two attached hydrogens (primary N) is 1. The number of ether oxygens (including phenoxy) is 1. The number of carbonyl (C=O) groups is 2. The Kier molecular flexibility index (Phi) is 7.49. The predicted molar refractivity (Wildman–Crippen MR) is 123 cm³/mol. The number of fused-ring (bicyclic) bond motifs is 1. The molecule has 0 fully saturated rings. The molecular weight excluding hydrogens is 435 g/mol. The largest absolute Gasteiger partial charge is 0.465 e. The molecule has 0 aliphatic carbocycles. The predicted octanol–water partition coefficient (Wildman–Crippen LogP) is 4.70. The molecule has 3 N–H and O–H groups in total. The molecule has 1 heterocycles. The number of nitrogens with one attached hydrogen (secondary N) is 1. The number of primary amides is 1. The second kappa shape index (κ2) is 10.1. The Labute approximate surface area is 185 Å². The van der Waals surface area contributed by atoms with Gasteiger partial charge in [0.05, 0.1) is 17.6 Å². The summed E-state index contributed by atoms with van der Waals surface area (Å²) in [6, 6.07) is 15.2. The van der Waals surface area contributed by atoms with Crippen LogP contribution in [0.2, 0.25) is 0 Å². The minimum absolute atomic E-state index is 0.0466. The first-order chi connectivity index (χ1) is 14.8. The van der Waals surface area contributed by atoms with Crippen molar-refractivity contribution in [2.24, 2.45) is 5.73 Å². The topological polar surface area (TPSA) is 108 Å². The van der Waals surface area contributed by atoms with Crippen LogP contribution in [0, 0.1) is 0 Å². The highest BCUT2D eigenvalue weighted by atomic mass is 32.1. The fourth-order valence-corrected chi connectivity index (χ4v) is 5.92. The molecule has 0 aliphatic heterocycles. The van der Waals surface area contributed by atoms with E-state index in [9.17, 15) is 14.2 Å². The van der Waals surface area contributed by atoms with Crippen LogP contribution in [0.15, 0.2) is 54.6 Å². The minimum Gasteiger partial charge on any atom is -0.465 e. The summed E-state index contributed by atoms with van der Waals surface area (Å²) in [7, 11) is -3.53. The molecule has 3 aromatic rings. The van der Waals surface area contributed by atoms with Gasteiger partial charge in [0, 0.05) is 4.70 Å². The molecule has 1 aromatic heterocycles. The van der Waals surface area contributed by atoms with Gasteiger partial charge < -0.3 is 15.0 Å². The van der Waals surface area contributed by atoms with E-state index in [1.54, 1.807) is 37.3 Å². The molecular formula is C22H25N2O5PS. The van der Waals surface area contributed by atoms with Crippen molar-refractivity contribution in [1.29, 1.82) is 0 Å². The van der Waals surface area contributed by atoms with Gasteiger partial charge in [-0.2, -0.15) is 0 Å². The van der Waals surface area contributed by atoms with E-state index >= 15 is 0 Å². The third kappa shape index (κ3) is 6.17. The third-order valence-electron chi connectivity index (χ3n) is 4.40. The molecule has 164 valence electrons. The summed E-state index contributed by atoms with van der Waals surface area (Å²) in [5.41, 5.74) is 6.11. The van der Waals surface area contributed by atoms with Crippen molar-refractivity contribution in [3.05, 3.63) is 65.0 Å². The lowest BCUT2D eigenvalue weighted by atomic mass is 10.2. The quantitative estimate of drug-likeness (QED) is 0.335. The summed E-state index contributed by atoms with van der Waals surface area (Å²) in [5, 5.41) is 3.69. The van der Waals surface area contributed by atoms with Crippen LogP contribution in [-0.4, -0.2) is 24.5 Å². The first-order valence-corrected chi connectivity index (χ1v) is 12.5. The van der Waals surface area contributed by atoms with Crippen LogP contribution in [0.25, 0.3) is 10.1 Å². The monoisotopic (exact) mass is 460 g/mol. The maximum absolute atomic E-state index is 13.8. The molecule has 31 heavy (non-hydrogen) atoms. The molecule has 2 atom stereocenters. The number of para-hydroxylation sites is 1. The molecule has 3 rings (SSSR count). The van der Waals surface area contributed by atoms with Crippen molar-refractivity contribution >= 4 is 40.8 Å². The maximum atomic E-state index is 13.8. The molecule has 0 aliphatic rings. The Morgan fingerprint density at radius 3 is 2.58 bits per heavy atom. The van der Waals surface area contributed by atoms with Crippen LogP contribution in [0.5, 0.6) is 5.75 Å². The average molecular weight is 460 g/mol. The van der Waals surface area contributed by atoms with Gasteiger partial charge in [-0.3, -0.25) is 14.2 Å². The summed E-state index contributed by atoms with van der Waals surface area (Å²) >= 11 is 1.31. The van der Waals surface area contributed by atoms with Gasteiger partial charge in [-0.15, -0.1) is 11.3 Å². The van der Waals surface area contributed by atoms with Crippen LogP contribution in [-0.2, 0) is 20.3 Å². The van der Waals surface area contributed by atoms with Crippen molar-refractivity contribution in [3.8, 4) is 5.75 Å². The Balaban J connectivity index is 1.86. The van der Waals surface area contributed by atoms with Crippen LogP contribution >= 0.6 is 18.9 Å². The normalized spacial score (nSPS) is 14.0. The van der Waals surface area contributed by atoms with E-state index < -0.39 is 25.4 Å². The van der Waals surface area contributed by atoms with Gasteiger partial charge in [-0.1, -0.05) is 31.2 Å². The number of amides is 1. The number of hydrogen-bond donors (Lipinski definition) is 2. The average Bonchev–Trinajstić information content (AvgIpc) is 3.16. The summed E-state index contributed by atoms with van der Waals surface area (Å²) in [6.07, 6.45) is 0.746. The highest BCUT2D eigenvalue weighted by molar-refractivity contribution is 7.56. The number of hydrogen-bond acceptors (Lipinski definition) is 6. The van der Waals surface area contributed by atoms with E-state index in [0.29, 0.717) is 23.7 Å². The van der Waals surface area contributed by atoms with Gasteiger partial charge in [-0.25, -0.2) is 5.09 Å². The molecule has 0 radical (unpaired) electrons. The van der Waals surface area contributed by atoms with Crippen LogP contribution in [0.4, 0.5) is 0 Å². The lowest BCUT2D eigenvalue weighted by Crippen LogP contribution is -2.35. The molecule has 1 unspecified atom stereocenters. The van der Waals surface area contributed by atoms with Crippen molar-refractivity contribution in [3.63, 3.8) is 0 Å². The van der Waals surface area contributed by atoms with Crippen LogP contribution in [0.3, 0.4) is 0 Å². The molecule has 0 saturated heterocycles. The maximum Gasteiger partial charge on any atom is 0.323 e. The van der Waals surface area contributed by atoms with E-state index in [2.05, 4.69) is 5.09 Å². The number of thiophene rings is 1. The molecule has 0 saturated carbocycles. The zero-order valence-corrected chi connectivity index (χ0v) is 19.1. The fourth-order valence-electron chi connectivity index (χ4n) is 2.98. The Morgan fingerprint density at radius 1 is 1.16 bits per heavy atom. The lowest BCUT2D eigenvalue weighted by molar-refractivity contribution is -0.145. The van der Waals surface area contributed by atoms with Crippen molar-refractivity contribution in [2.45, 2.75) is 32.5 Å². The third-order valence-corrected chi connectivity index (χ3v) is 7.60. The highest BCUT2D eigenvalue weighted by Gasteiger charge is 2.31. The van der Waals surface area contributed by atoms with Crippen molar-refractivity contribution < 1.29 is 23.4 Å². The number of esters is 1. The van der Waals surface area contributed by atoms with E-state index in [-0.39, 0.29) is 6.16 Å². The van der Waals surface area contributed by atoms with Gasteiger partial charge in [-0.05, 0) is 54.6 Å². The molecule has 1 amide bonds. The standard InChI is InChI=1S/C22H25N2O5PS/c1-3-11-28-22(26)15(2)24-30(27,29-18-7-5-4-6-8-18)14-16-9-10-19-17(12-16)13-20(31-19)21(23)25/h4-10,12-13,15H,3,11,14H2,1-2H3,(H2,23,25)(H,24,27)/t15-,30?/m0/s1. The Bertz CT molecular complexity index is 1120. The zero-order chi connectivity index (χ0) is 22.4. The Morgan fingerprint density at radius 2 is 1.90 bits per heavy atom. The smallest absolute Gasteiger partial charge is 0.323 e. The van der Waals surface area contributed by atoms with Crippen molar-refractivity contribution in [2.75, 3.05) is 6.61 Å². The lowest BCUT2D eigenvalue weighted by Gasteiger charge is -2.24. The van der Waals surface area contributed by atoms with Gasteiger partial charge in [0.2, 0.25) is 0 Å². The van der Waals surface area contributed by atoms with Gasteiger partial charge in [0.15, 0.2) is 0 Å². The van der Waals surface area contributed by atoms with Gasteiger partial charge in [0.1, 0.15) is 11.8 Å². The second-order valence-electron chi connectivity index (χ2n) is 7.10. The summed E-state index contributed by atoms with van der Waals surface area (Å²) in [4.78, 5) is 24.1. The van der Waals surface area contributed by atoms with E-state index in [4.69, 9.17) is 15.0 Å².